The van der Waals surface area contributed by atoms with E-state index in [1.165, 1.54) is 26.4 Å². The summed E-state index contributed by atoms with van der Waals surface area (Å²) in [5, 5.41) is 16.3. The largest absolute Gasteiger partial charge is 0.506 e. The molecule has 1 heterocycles. The van der Waals surface area contributed by atoms with Gasteiger partial charge in [0.25, 0.3) is 0 Å². The number of nitrogens with one attached hydrogen (secondary N) is 2. The van der Waals surface area contributed by atoms with Crippen LogP contribution < -0.4 is 15.4 Å². The van der Waals surface area contributed by atoms with E-state index in [-0.39, 0.29) is 16.7 Å². The number of carbonyl (C=O) groups is 1. The zero-order chi connectivity index (χ0) is 18.0. The summed E-state index contributed by atoms with van der Waals surface area (Å²) >= 11 is 5.93. The fraction of sp³-hybridized carbons (Fsp3) is 0.118. The summed E-state index contributed by atoms with van der Waals surface area (Å²) in [4.78, 5) is 19.9. The molecule has 0 saturated heterocycles. The van der Waals surface area contributed by atoms with Crippen molar-refractivity contribution in [2.24, 2.45) is 0 Å². The number of benzene rings is 2. The smallest absolute Gasteiger partial charge is 0.221 e. The Kier molecular flexibility index (Phi) is 4.58. The Labute approximate surface area is 148 Å². The third-order valence-corrected chi connectivity index (χ3v) is 3.78. The molecule has 7 nitrogen and oxygen atoms in total. The maximum atomic E-state index is 11.4. The van der Waals surface area contributed by atoms with Gasteiger partial charge in [-0.15, -0.1) is 0 Å². The lowest BCUT2D eigenvalue weighted by Crippen LogP contribution is -2.07. The molecule has 3 rings (SSSR count). The van der Waals surface area contributed by atoms with Crippen molar-refractivity contribution in [1.29, 1.82) is 0 Å². The number of phenolic OH excluding ortho intramolecular Hbond substituents is 1. The first-order valence-electron chi connectivity index (χ1n) is 7.34. The number of phenols is 1. The van der Waals surface area contributed by atoms with Crippen LogP contribution in [0.4, 0.5) is 17.2 Å². The summed E-state index contributed by atoms with van der Waals surface area (Å²) < 4.78 is 5.30. The Morgan fingerprint density at radius 1 is 1.24 bits per heavy atom. The molecule has 0 radical (unpaired) electrons. The lowest BCUT2D eigenvalue weighted by atomic mass is 10.2. The average molecular weight is 359 g/mol. The third-order valence-electron chi connectivity index (χ3n) is 3.48. The van der Waals surface area contributed by atoms with Crippen LogP contribution >= 0.6 is 11.6 Å². The molecule has 0 atom stereocenters. The number of methoxy groups -OCH3 is 1. The third kappa shape index (κ3) is 3.56. The van der Waals surface area contributed by atoms with Crippen molar-refractivity contribution >= 4 is 45.6 Å². The zero-order valence-corrected chi connectivity index (χ0v) is 14.3. The van der Waals surface area contributed by atoms with Gasteiger partial charge in [-0.3, -0.25) is 4.79 Å². The summed E-state index contributed by atoms with van der Waals surface area (Å²) in [6, 6.07) is 8.20. The SMILES string of the molecule is COc1cc2ncnc(Nc3ccc(O)c(Cl)c3)c2cc1NC(C)=O. The normalized spacial score (nSPS) is 10.5. The summed E-state index contributed by atoms with van der Waals surface area (Å²) in [5.74, 6) is 0.813. The van der Waals surface area contributed by atoms with Crippen LogP contribution in [0.2, 0.25) is 5.02 Å². The number of fused-ring (bicyclic) bond motifs is 1. The fourth-order valence-electron chi connectivity index (χ4n) is 2.36. The summed E-state index contributed by atoms with van der Waals surface area (Å²) in [6.45, 7) is 1.42. The monoisotopic (exact) mass is 358 g/mol. The Balaban J connectivity index is 2.08. The molecular weight excluding hydrogens is 344 g/mol. The van der Waals surface area contributed by atoms with Crippen LogP contribution in [0.25, 0.3) is 10.9 Å². The average Bonchev–Trinajstić information content (AvgIpc) is 2.57. The molecule has 3 aromatic rings. The number of aromatic nitrogens is 2. The van der Waals surface area contributed by atoms with Crippen LogP contribution in [0.5, 0.6) is 11.5 Å². The van der Waals surface area contributed by atoms with Gasteiger partial charge in [0.2, 0.25) is 5.91 Å². The molecule has 128 valence electrons. The van der Waals surface area contributed by atoms with Gasteiger partial charge in [0.15, 0.2) is 0 Å². The van der Waals surface area contributed by atoms with Crippen LogP contribution in [-0.4, -0.2) is 28.1 Å². The minimum atomic E-state index is -0.214. The lowest BCUT2D eigenvalue weighted by molar-refractivity contribution is -0.114. The second kappa shape index (κ2) is 6.82. The van der Waals surface area contributed by atoms with Crippen molar-refractivity contribution in [3.05, 3.63) is 41.7 Å². The van der Waals surface area contributed by atoms with Gasteiger partial charge in [-0.05, 0) is 24.3 Å². The number of ether oxygens (including phenoxy) is 1. The van der Waals surface area contributed by atoms with Gasteiger partial charge in [0.05, 0.1) is 23.3 Å². The molecule has 1 aromatic heterocycles. The van der Waals surface area contributed by atoms with Gasteiger partial charge in [-0.25, -0.2) is 9.97 Å². The quantitative estimate of drug-likeness (QED) is 0.615. The minimum absolute atomic E-state index is 0.00237. The lowest BCUT2D eigenvalue weighted by Gasteiger charge is -2.13. The summed E-state index contributed by atoms with van der Waals surface area (Å²) in [5.41, 5.74) is 1.82. The molecule has 0 fully saturated rings. The van der Waals surface area contributed by atoms with Gasteiger partial charge in [-0.1, -0.05) is 11.6 Å². The Morgan fingerprint density at radius 2 is 2.04 bits per heavy atom. The number of hydrogen-bond acceptors (Lipinski definition) is 6. The number of amides is 1. The van der Waals surface area contributed by atoms with E-state index >= 15 is 0 Å². The van der Waals surface area contributed by atoms with E-state index < -0.39 is 0 Å². The fourth-order valence-corrected chi connectivity index (χ4v) is 2.54. The standard InChI is InChI=1S/C17H15ClN4O3/c1-9(23)21-14-6-11-13(7-16(14)25-2)19-8-20-17(11)22-10-3-4-15(24)12(18)5-10/h3-8,24H,1-2H3,(H,21,23)(H,19,20,22). The van der Waals surface area contributed by atoms with Crippen LogP contribution in [0.1, 0.15) is 6.92 Å². The molecule has 8 heteroatoms. The maximum absolute atomic E-state index is 11.4. The molecule has 25 heavy (non-hydrogen) atoms. The highest BCUT2D eigenvalue weighted by Crippen LogP contribution is 2.34. The second-order valence-electron chi connectivity index (χ2n) is 5.26. The molecule has 2 aromatic carbocycles. The number of halogens is 1. The van der Waals surface area contributed by atoms with Crippen molar-refractivity contribution < 1.29 is 14.6 Å². The van der Waals surface area contributed by atoms with Gasteiger partial charge in [0.1, 0.15) is 23.6 Å². The van der Waals surface area contributed by atoms with E-state index in [9.17, 15) is 9.90 Å². The Bertz CT molecular complexity index is 962. The molecule has 1 amide bonds. The second-order valence-corrected chi connectivity index (χ2v) is 5.67. The van der Waals surface area contributed by atoms with E-state index in [0.717, 1.165) is 0 Å². The number of nitrogens with zero attached hydrogens (tertiary/aromatic N) is 2. The molecule has 0 spiro atoms. The molecule has 0 aliphatic heterocycles. The summed E-state index contributed by atoms with van der Waals surface area (Å²) in [7, 11) is 1.52. The minimum Gasteiger partial charge on any atom is -0.506 e. The molecule has 0 saturated carbocycles. The molecule has 0 unspecified atom stereocenters. The van der Waals surface area contributed by atoms with E-state index in [1.54, 1.807) is 24.3 Å². The van der Waals surface area contributed by atoms with E-state index in [2.05, 4.69) is 20.6 Å². The highest BCUT2D eigenvalue weighted by molar-refractivity contribution is 6.32. The predicted molar refractivity (Wildman–Crippen MR) is 96.8 cm³/mol. The first-order chi connectivity index (χ1) is 12.0. The van der Waals surface area contributed by atoms with E-state index in [4.69, 9.17) is 16.3 Å². The number of aromatic hydroxyl groups is 1. The van der Waals surface area contributed by atoms with Gasteiger partial charge in [0, 0.05) is 24.1 Å². The van der Waals surface area contributed by atoms with Gasteiger partial charge in [-0.2, -0.15) is 0 Å². The molecular formula is C17H15ClN4O3. The van der Waals surface area contributed by atoms with E-state index in [1.807, 2.05) is 0 Å². The Hall–Kier alpha value is -3.06. The highest BCUT2D eigenvalue weighted by Gasteiger charge is 2.12. The number of hydrogen-bond donors (Lipinski definition) is 3. The van der Waals surface area contributed by atoms with Crippen molar-refractivity contribution in [1.82, 2.24) is 9.97 Å². The molecule has 3 N–H and O–H groups in total. The highest BCUT2D eigenvalue weighted by atomic mass is 35.5. The number of rotatable bonds is 4. The van der Waals surface area contributed by atoms with Crippen molar-refractivity contribution in [2.45, 2.75) is 6.92 Å². The summed E-state index contributed by atoms with van der Waals surface area (Å²) in [6.07, 6.45) is 1.42. The van der Waals surface area contributed by atoms with Crippen molar-refractivity contribution in [3.63, 3.8) is 0 Å². The molecule has 0 aliphatic rings. The molecule has 0 aliphatic carbocycles. The molecule has 0 bridgehead atoms. The number of carbonyl (C=O) groups excluding carboxylic acids is 1. The van der Waals surface area contributed by atoms with Crippen molar-refractivity contribution in [3.8, 4) is 11.5 Å². The van der Waals surface area contributed by atoms with Crippen LogP contribution in [0, 0.1) is 0 Å². The number of anilines is 3. The van der Waals surface area contributed by atoms with Crippen LogP contribution in [-0.2, 0) is 4.79 Å². The first-order valence-corrected chi connectivity index (χ1v) is 7.71. The topological polar surface area (TPSA) is 96.4 Å². The maximum Gasteiger partial charge on any atom is 0.221 e. The van der Waals surface area contributed by atoms with Crippen LogP contribution in [0.15, 0.2) is 36.7 Å². The Morgan fingerprint density at radius 3 is 2.72 bits per heavy atom. The van der Waals surface area contributed by atoms with Gasteiger partial charge >= 0.3 is 0 Å². The van der Waals surface area contributed by atoms with Crippen molar-refractivity contribution in [2.75, 3.05) is 17.7 Å². The van der Waals surface area contributed by atoms with Crippen LogP contribution in [0.3, 0.4) is 0 Å². The first kappa shape index (κ1) is 16.8. The van der Waals surface area contributed by atoms with E-state index in [0.29, 0.717) is 33.8 Å². The zero-order valence-electron chi connectivity index (χ0n) is 13.5. The van der Waals surface area contributed by atoms with Gasteiger partial charge < -0.3 is 20.5 Å². The predicted octanol–water partition coefficient (Wildman–Crippen LogP) is 3.70.